The first-order chi connectivity index (χ1) is 14.3. The van der Waals surface area contributed by atoms with E-state index in [0.717, 1.165) is 4.47 Å². The number of hydrogen-bond donors (Lipinski definition) is 1. The summed E-state index contributed by atoms with van der Waals surface area (Å²) in [4.78, 5) is 30.6. The summed E-state index contributed by atoms with van der Waals surface area (Å²) in [6, 6.07) is 9.94. The lowest BCUT2D eigenvalue weighted by atomic mass is 10.1. The van der Waals surface area contributed by atoms with E-state index < -0.39 is 5.97 Å². The van der Waals surface area contributed by atoms with Crippen molar-refractivity contribution in [3.63, 3.8) is 0 Å². The number of halogens is 1. The molecule has 0 unspecified atom stereocenters. The van der Waals surface area contributed by atoms with Gasteiger partial charge in [0.2, 0.25) is 0 Å². The highest BCUT2D eigenvalue weighted by Gasteiger charge is 2.30. The van der Waals surface area contributed by atoms with Crippen LogP contribution in [-0.2, 0) is 9.53 Å². The van der Waals surface area contributed by atoms with Crippen molar-refractivity contribution in [2.45, 2.75) is 6.92 Å². The molecule has 1 N–H and O–H groups in total. The second-order valence-corrected chi connectivity index (χ2v) is 8.11. The number of amides is 1. The second kappa shape index (κ2) is 9.36. The first kappa shape index (κ1) is 21.9. The zero-order valence-electron chi connectivity index (χ0n) is 16.5. The molecule has 1 aliphatic heterocycles. The lowest BCUT2D eigenvalue weighted by molar-refractivity contribution is -0.121. The third-order valence-corrected chi connectivity index (χ3v) is 5.69. The van der Waals surface area contributed by atoms with Crippen LogP contribution in [0, 0.1) is 0 Å². The van der Waals surface area contributed by atoms with E-state index in [1.165, 1.54) is 23.8 Å². The van der Waals surface area contributed by atoms with Crippen LogP contribution < -0.4 is 4.74 Å². The number of amidine groups is 1. The summed E-state index contributed by atoms with van der Waals surface area (Å²) in [5.41, 5.74) is 1.47. The van der Waals surface area contributed by atoms with Crippen molar-refractivity contribution in [3.05, 3.63) is 56.9 Å². The number of hydrogen-bond acceptors (Lipinski definition) is 7. The minimum Gasteiger partial charge on any atom is -0.504 e. The van der Waals surface area contributed by atoms with Crippen molar-refractivity contribution in [2.75, 3.05) is 20.8 Å². The van der Waals surface area contributed by atoms with Crippen molar-refractivity contribution in [3.8, 4) is 11.5 Å². The molecule has 0 radical (unpaired) electrons. The number of aliphatic imine (C=N–C) groups is 1. The van der Waals surface area contributed by atoms with Gasteiger partial charge in [-0.15, -0.1) is 0 Å². The van der Waals surface area contributed by atoms with Gasteiger partial charge in [0.1, 0.15) is 0 Å². The molecule has 1 saturated heterocycles. The topological polar surface area (TPSA) is 88.4 Å². The average Bonchev–Trinajstić information content (AvgIpc) is 2.99. The van der Waals surface area contributed by atoms with Crippen LogP contribution in [0.3, 0.4) is 0 Å². The fourth-order valence-corrected chi connectivity index (χ4v) is 4.10. The molecule has 9 heteroatoms. The molecule has 2 aromatic rings. The zero-order valence-corrected chi connectivity index (χ0v) is 18.9. The smallest absolute Gasteiger partial charge is 0.337 e. The van der Waals surface area contributed by atoms with E-state index in [1.54, 1.807) is 49.5 Å². The highest BCUT2D eigenvalue weighted by molar-refractivity contribution is 9.10. The van der Waals surface area contributed by atoms with Crippen molar-refractivity contribution in [1.29, 1.82) is 0 Å². The molecule has 0 atom stereocenters. The fraction of sp³-hybridized carbons (Fsp3) is 0.190. The van der Waals surface area contributed by atoms with E-state index in [-0.39, 0.29) is 11.7 Å². The zero-order chi connectivity index (χ0) is 21.8. The Morgan fingerprint density at radius 3 is 2.63 bits per heavy atom. The van der Waals surface area contributed by atoms with Gasteiger partial charge >= 0.3 is 5.97 Å². The SMILES string of the molecule is CCOc1cc(Br)cc(/C=C2\SC(=Nc3ccc(C(=O)OC)cc3)N(C)C2=O)c1O. The van der Waals surface area contributed by atoms with Gasteiger partial charge in [0.25, 0.3) is 5.91 Å². The van der Waals surface area contributed by atoms with E-state index in [2.05, 4.69) is 25.7 Å². The standard InChI is InChI=1S/C21H19BrN2O5S/c1-4-29-16-11-14(22)9-13(18(16)25)10-17-19(26)24(2)21(30-17)23-15-7-5-12(6-8-15)20(27)28-3/h5-11,25H,4H2,1-3H3/b17-10-,23-21?. The molecule has 0 spiro atoms. The number of esters is 1. The van der Waals surface area contributed by atoms with Gasteiger partial charge in [-0.05, 0) is 61.2 Å². The first-order valence-corrected chi connectivity index (χ1v) is 10.5. The van der Waals surface area contributed by atoms with Crippen LogP contribution in [0.5, 0.6) is 11.5 Å². The number of likely N-dealkylation sites (N-methyl/N-ethyl adjacent to an activating group) is 1. The molecule has 1 amide bonds. The maximum Gasteiger partial charge on any atom is 0.337 e. The summed E-state index contributed by atoms with van der Waals surface area (Å²) in [6.07, 6.45) is 1.61. The van der Waals surface area contributed by atoms with E-state index in [9.17, 15) is 14.7 Å². The maximum absolute atomic E-state index is 12.7. The first-order valence-electron chi connectivity index (χ1n) is 8.94. The molecule has 156 valence electrons. The van der Waals surface area contributed by atoms with Crippen LogP contribution in [0.25, 0.3) is 6.08 Å². The van der Waals surface area contributed by atoms with Crippen LogP contribution in [0.4, 0.5) is 5.69 Å². The van der Waals surface area contributed by atoms with Crippen LogP contribution in [0.1, 0.15) is 22.8 Å². The largest absolute Gasteiger partial charge is 0.504 e. The van der Waals surface area contributed by atoms with Crippen LogP contribution in [0.15, 0.2) is 50.8 Å². The number of carbonyl (C=O) groups is 2. The average molecular weight is 491 g/mol. The lowest BCUT2D eigenvalue weighted by Crippen LogP contribution is -2.23. The number of thioether (sulfide) groups is 1. The summed E-state index contributed by atoms with van der Waals surface area (Å²) < 4.78 is 10.8. The van der Waals surface area contributed by atoms with Gasteiger partial charge in [-0.1, -0.05) is 15.9 Å². The Morgan fingerprint density at radius 1 is 1.30 bits per heavy atom. The van der Waals surface area contributed by atoms with E-state index in [0.29, 0.717) is 39.2 Å². The Morgan fingerprint density at radius 2 is 2.00 bits per heavy atom. The summed E-state index contributed by atoms with van der Waals surface area (Å²) >= 11 is 4.59. The molecule has 1 aliphatic rings. The van der Waals surface area contributed by atoms with Gasteiger partial charge in [-0.25, -0.2) is 9.79 Å². The molecular formula is C21H19BrN2O5S. The Labute approximate surface area is 186 Å². The number of phenolic OH excluding ortho intramolecular Hbond substituents is 1. The van der Waals surface area contributed by atoms with Gasteiger partial charge in [0, 0.05) is 17.1 Å². The molecule has 2 aromatic carbocycles. The van der Waals surface area contributed by atoms with Gasteiger partial charge in [-0.3, -0.25) is 9.69 Å². The Hall–Kier alpha value is -2.78. The van der Waals surface area contributed by atoms with Gasteiger partial charge < -0.3 is 14.6 Å². The number of ether oxygens (including phenoxy) is 2. The fourth-order valence-electron chi connectivity index (χ4n) is 2.66. The lowest BCUT2D eigenvalue weighted by Gasteiger charge is -2.09. The highest BCUT2D eigenvalue weighted by atomic mass is 79.9. The van der Waals surface area contributed by atoms with Gasteiger partial charge in [0.15, 0.2) is 16.7 Å². The summed E-state index contributed by atoms with van der Waals surface area (Å²) in [7, 11) is 2.95. The maximum atomic E-state index is 12.7. The number of benzene rings is 2. The number of aromatic hydroxyl groups is 1. The predicted octanol–water partition coefficient (Wildman–Crippen LogP) is 4.57. The quantitative estimate of drug-likeness (QED) is 0.487. The normalized spacial score (nSPS) is 16.4. The minimum absolute atomic E-state index is 0.0348. The number of nitrogens with zero attached hydrogens (tertiary/aromatic N) is 2. The number of phenols is 1. The molecule has 1 heterocycles. The summed E-state index contributed by atoms with van der Waals surface area (Å²) in [5.74, 6) is -0.362. The van der Waals surface area contributed by atoms with Crippen LogP contribution in [-0.4, -0.2) is 47.8 Å². The molecule has 0 aliphatic carbocycles. The monoisotopic (exact) mass is 490 g/mol. The number of rotatable bonds is 5. The predicted molar refractivity (Wildman–Crippen MR) is 120 cm³/mol. The van der Waals surface area contributed by atoms with Crippen molar-refractivity contribution in [2.24, 2.45) is 4.99 Å². The molecular weight excluding hydrogens is 472 g/mol. The highest BCUT2D eigenvalue weighted by Crippen LogP contribution is 2.39. The molecule has 3 rings (SSSR count). The Bertz CT molecular complexity index is 1050. The van der Waals surface area contributed by atoms with E-state index in [4.69, 9.17) is 4.74 Å². The van der Waals surface area contributed by atoms with Crippen molar-refractivity contribution in [1.82, 2.24) is 4.90 Å². The summed E-state index contributed by atoms with van der Waals surface area (Å²) in [6.45, 7) is 2.23. The third-order valence-electron chi connectivity index (χ3n) is 4.17. The van der Waals surface area contributed by atoms with Crippen molar-refractivity contribution < 1.29 is 24.2 Å². The second-order valence-electron chi connectivity index (χ2n) is 6.18. The Balaban J connectivity index is 1.89. The molecule has 0 saturated carbocycles. The van der Waals surface area contributed by atoms with E-state index in [1.807, 2.05) is 6.92 Å². The number of carbonyl (C=O) groups excluding carboxylic acids is 2. The Kier molecular flexibility index (Phi) is 6.84. The van der Waals surface area contributed by atoms with E-state index >= 15 is 0 Å². The van der Waals surface area contributed by atoms with Crippen LogP contribution in [0.2, 0.25) is 0 Å². The molecule has 7 nitrogen and oxygen atoms in total. The minimum atomic E-state index is -0.429. The molecule has 1 fully saturated rings. The third kappa shape index (κ3) is 4.68. The molecule has 0 aromatic heterocycles. The molecule has 0 bridgehead atoms. The summed E-state index contributed by atoms with van der Waals surface area (Å²) in [5, 5.41) is 10.9. The number of methoxy groups -OCH3 is 1. The van der Waals surface area contributed by atoms with Crippen LogP contribution >= 0.6 is 27.7 Å². The van der Waals surface area contributed by atoms with Crippen molar-refractivity contribution >= 4 is 56.5 Å². The molecule has 30 heavy (non-hydrogen) atoms. The van der Waals surface area contributed by atoms with Gasteiger partial charge in [-0.2, -0.15) is 0 Å². The van der Waals surface area contributed by atoms with Gasteiger partial charge in [0.05, 0.1) is 29.9 Å².